The Kier molecular flexibility index (Phi) is 8.53. The zero-order chi connectivity index (χ0) is 30.5. The Morgan fingerprint density at radius 3 is 2.71 bits per heavy atom. The predicted octanol–water partition coefficient (Wildman–Crippen LogP) is 7.32. The Hall–Kier alpha value is -2.82. The van der Waals surface area contributed by atoms with Crippen LogP contribution in [0.2, 0.25) is 25.7 Å². The first kappa shape index (κ1) is 30.6. The lowest BCUT2D eigenvalue weighted by Crippen LogP contribution is -2.43. The number of nitrogens with zero attached hydrogens (tertiary/aromatic N) is 4. The Labute approximate surface area is 257 Å². The van der Waals surface area contributed by atoms with Crippen LogP contribution in [0.25, 0.3) is 21.8 Å². The molecule has 4 heterocycles. The Bertz CT molecular complexity index is 1620. The molecule has 2 N–H and O–H groups in total. The van der Waals surface area contributed by atoms with Crippen molar-refractivity contribution >= 4 is 69.8 Å². The highest BCUT2D eigenvalue weighted by atomic mass is 79.9. The summed E-state index contributed by atoms with van der Waals surface area (Å²) in [5.74, 6) is -0.400. The lowest BCUT2D eigenvalue weighted by atomic mass is 9.79. The molecule has 3 aliphatic rings. The van der Waals surface area contributed by atoms with Gasteiger partial charge in [0.2, 0.25) is 0 Å². The van der Waals surface area contributed by atoms with E-state index in [4.69, 9.17) is 9.72 Å². The molecule has 0 radical (unpaired) electrons. The van der Waals surface area contributed by atoms with Crippen LogP contribution in [-0.2, 0) is 11.2 Å². The highest BCUT2D eigenvalue weighted by Gasteiger charge is 2.55. The summed E-state index contributed by atoms with van der Waals surface area (Å²) in [6.07, 6.45) is 1.77. The molecule has 224 valence electrons. The third-order valence-electron chi connectivity index (χ3n) is 8.38. The fourth-order valence-corrected chi connectivity index (χ4v) is 7.99. The molecule has 2 saturated heterocycles. The van der Waals surface area contributed by atoms with Crippen molar-refractivity contribution < 1.29 is 23.8 Å². The molecular weight excluding hydrogens is 641 g/mol. The van der Waals surface area contributed by atoms with E-state index in [0.717, 1.165) is 29.1 Å². The Morgan fingerprint density at radius 1 is 1.36 bits per heavy atom. The number of rotatable bonds is 9. The molecule has 6 rings (SSSR count). The van der Waals surface area contributed by atoms with Gasteiger partial charge >= 0.3 is 12.2 Å². The predicted molar refractivity (Wildman–Crippen MR) is 167 cm³/mol. The highest BCUT2D eigenvalue weighted by Crippen LogP contribution is 2.53. The number of hydrogen-bond acceptors (Lipinski definition) is 6. The van der Waals surface area contributed by atoms with Gasteiger partial charge in [0.1, 0.15) is 10.5 Å². The van der Waals surface area contributed by atoms with Crippen LogP contribution in [0.3, 0.4) is 0 Å². The third-order valence-corrected chi connectivity index (χ3v) is 11.6. The maximum atomic E-state index is 15.9. The van der Waals surface area contributed by atoms with Crippen molar-refractivity contribution in [2.45, 2.75) is 75.0 Å². The van der Waals surface area contributed by atoms with Crippen LogP contribution in [0.5, 0.6) is 0 Å². The summed E-state index contributed by atoms with van der Waals surface area (Å²) < 4.78 is 23.8. The largest absolute Gasteiger partial charge is 0.465 e. The molecule has 1 unspecified atom stereocenters. The van der Waals surface area contributed by atoms with Gasteiger partial charge in [-0.05, 0) is 65.7 Å². The van der Waals surface area contributed by atoms with Crippen molar-refractivity contribution in [3.63, 3.8) is 0 Å². The molecule has 3 aromatic rings. The van der Waals surface area contributed by atoms with Crippen molar-refractivity contribution in [1.29, 1.82) is 5.26 Å². The van der Waals surface area contributed by atoms with Gasteiger partial charge in [0.25, 0.3) is 0 Å². The fourth-order valence-electron chi connectivity index (χ4n) is 6.22. The number of benzene rings is 1. The van der Waals surface area contributed by atoms with Gasteiger partial charge < -0.3 is 24.6 Å². The number of carboxylic acid groups (broad SMARTS) is 1. The van der Waals surface area contributed by atoms with Gasteiger partial charge in [-0.3, -0.25) is 0 Å². The number of aromatic nitrogens is 2. The molecular formula is C29H35BrFN5O4SSi. The normalized spacial score (nSPS) is 20.4. The van der Waals surface area contributed by atoms with Crippen LogP contribution in [0.1, 0.15) is 43.1 Å². The van der Waals surface area contributed by atoms with E-state index >= 15 is 4.39 Å². The van der Waals surface area contributed by atoms with E-state index in [2.05, 4.69) is 51.5 Å². The summed E-state index contributed by atoms with van der Waals surface area (Å²) in [7, 11) is -1.38. The summed E-state index contributed by atoms with van der Waals surface area (Å²) in [6, 6.07) is 5.99. The fraction of sp³-hybridized carbons (Fsp3) is 0.517. The van der Waals surface area contributed by atoms with E-state index < -0.39 is 32.1 Å². The molecule has 2 aromatic heterocycles. The van der Waals surface area contributed by atoms with Crippen LogP contribution < -0.4 is 5.32 Å². The second-order valence-corrected chi connectivity index (χ2v) is 19.6. The molecule has 1 aromatic carbocycles. The average molecular weight is 677 g/mol. The summed E-state index contributed by atoms with van der Waals surface area (Å²) >= 11 is 4.79. The summed E-state index contributed by atoms with van der Waals surface area (Å²) in [5.41, 5.74) is 2.41. The zero-order valence-corrected chi connectivity index (χ0v) is 27.7. The van der Waals surface area contributed by atoms with Gasteiger partial charge in [-0.2, -0.15) is 5.26 Å². The number of carbonyl (C=O) groups excluding carboxylic acids is 1. The standard InChI is InChI=1S/C29H35BrFN5O4SSi/c1-15(33-28(37)40-9-10-42(3,4)5)20-13-19-26(36(20)25-17-12-21(25)35(14-17)29(38)39)18-11-16(7-6-8-32)22(30)23(31)24(18)34-27(19)41-2/h11,13,15,17,21,25H,6-7,9-10,12,14H2,1-5H3,(H,33,37)(H,38,39)/t15?,17-,21-,25+/m1/s1. The van der Waals surface area contributed by atoms with E-state index in [0.29, 0.717) is 40.0 Å². The highest BCUT2D eigenvalue weighted by molar-refractivity contribution is 9.10. The van der Waals surface area contributed by atoms with Crippen LogP contribution in [0, 0.1) is 23.1 Å². The Morgan fingerprint density at radius 2 is 2.10 bits per heavy atom. The molecule has 9 nitrogen and oxygen atoms in total. The van der Waals surface area contributed by atoms with Crippen molar-refractivity contribution in [1.82, 2.24) is 19.8 Å². The summed E-state index contributed by atoms with van der Waals surface area (Å²) in [4.78, 5) is 31.1. The quantitative estimate of drug-likeness (QED) is 0.180. The number of carbonyl (C=O) groups is 2. The number of hydrogen-bond donors (Lipinski definition) is 2. The SMILES string of the molecule is CSc1nc2c(F)c(Br)c(CCC#N)cc2c2c1cc(C(C)NC(=O)OCC[Si](C)(C)C)n2[C@H]1[C@@H]2C[C@H]1N(C(=O)O)C2. The molecule has 2 aliphatic heterocycles. The minimum Gasteiger partial charge on any atom is -0.465 e. The minimum atomic E-state index is -1.38. The number of pyridine rings is 1. The topological polar surface area (TPSA) is 120 Å². The van der Waals surface area contributed by atoms with Crippen molar-refractivity contribution in [3.05, 3.63) is 33.7 Å². The number of fused-ring (bicyclic) bond motifs is 4. The number of nitriles is 1. The van der Waals surface area contributed by atoms with Crippen molar-refractivity contribution in [3.8, 4) is 6.07 Å². The first-order valence-corrected chi connectivity index (χ1v) is 19.8. The zero-order valence-electron chi connectivity index (χ0n) is 24.3. The smallest absolute Gasteiger partial charge is 0.407 e. The van der Waals surface area contributed by atoms with Crippen LogP contribution >= 0.6 is 27.7 Å². The van der Waals surface area contributed by atoms with E-state index in [1.165, 1.54) is 16.7 Å². The number of amides is 2. The molecule has 4 atom stereocenters. The molecule has 13 heteroatoms. The number of alkyl carbamates (subject to hydrolysis) is 1. The van der Waals surface area contributed by atoms with Crippen LogP contribution in [0.15, 0.2) is 21.6 Å². The van der Waals surface area contributed by atoms with E-state index in [1.807, 2.05) is 25.3 Å². The summed E-state index contributed by atoms with van der Waals surface area (Å²) in [6.45, 7) is 9.31. The number of aryl methyl sites for hydroxylation is 1. The first-order chi connectivity index (χ1) is 19.9. The van der Waals surface area contributed by atoms with Gasteiger partial charge in [0.05, 0.1) is 40.8 Å². The van der Waals surface area contributed by atoms with Gasteiger partial charge in [0, 0.05) is 43.4 Å². The molecule has 3 fully saturated rings. The first-order valence-electron chi connectivity index (χ1n) is 14.1. The Balaban J connectivity index is 1.67. The van der Waals surface area contributed by atoms with Crippen LogP contribution in [0.4, 0.5) is 14.0 Å². The second-order valence-electron chi connectivity index (χ2n) is 12.3. The monoisotopic (exact) mass is 675 g/mol. The van der Waals surface area contributed by atoms with Gasteiger partial charge in [-0.1, -0.05) is 19.6 Å². The maximum Gasteiger partial charge on any atom is 0.407 e. The van der Waals surface area contributed by atoms with E-state index in [1.54, 1.807) is 0 Å². The molecule has 1 aliphatic carbocycles. The van der Waals surface area contributed by atoms with Gasteiger partial charge in [0.15, 0.2) is 5.82 Å². The van der Waals surface area contributed by atoms with Crippen molar-refractivity contribution in [2.75, 3.05) is 19.4 Å². The number of thioether (sulfide) groups is 1. The molecule has 2 bridgehead atoms. The second kappa shape index (κ2) is 11.7. The number of halogens is 2. The average Bonchev–Trinajstić information content (AvgIpc) is 3.62. The molecule has 0 spiro atoms. The molecule has 42 heavy (non-hydrogen) atoms. The van der Waals surface area contributed by atoms with E-state index in [9.17, 15) is 20.0 Å². The molecule has 1 saturated carbocycles. The van der Waals surface area contributed by atoms with Crippen molar-refractivity contribution in [2.24, 2.45) is 5.92 Å². The third kappa shape index (κ3) is 5.49. The van der Waals surface area contributed by atoms with Crippen LogP contribution in [-0.4, -0.2) is 65.3 Å². The lowest BCUT2D eigenvalue weighted by Gasteiger charge is -2.39. The number of ether oxygens (including phenoxy) is 1. The number of nitrogens with one attached hydrogen (secondary N) is 1. The van der Waals surface area contributed by atoms with Gasteiger partial charge in [-0.15, -0.1) is 11.8 Å². The maximum absolute atomic E-state index is 15.9. The minimum absolute atomic E-state index is 0.0932. The van der Waals surface area contributed by atoms with E-state index in [-0.39, 0.29) is 29.9 Å². The summed E-state index contributed by atoms with van der Waals surface area (Å²) in [5, 5.41) is 24.1. The lowest BCUT2D eigenvalue weighted by molar-refractivity contribution is 0.123. The molecule has 2 amide bonds. The van der Waals surface area contributed by atoms with Gasteiger partial charge in [-0.25, -0.2) is 19.0 Å².